The molecule has 0 aliphatic carbocycles. The van der Waals surface area contributed by atoms with E-state index in [1.807, 2.05) is 0 Å². The Kier molecular flexibility index (Phi) is 11.1. The van der Waals surface area contributed by atoms with E-state index in [-0.39, 0.29) is 11.5 Å². The summed E-state index contributed by atoms with van der Waals surface area (Å²) < 4.78 is 70.4. The quantitative estimate of drug-likeness (QED) is 0.407. The second-order valence-corrected chi connectivity index (χ2v) is 9.42. The lowest BCUT2D eigenvalue weighted by Crippen LogP contribution is -3.14. The van der Waals surface area contributed by atoms with Crippen molar-refractivity contribution in [3.8, 4) is 0 Å². The van der Waals surface area contributed by atoms with E-state index in [0.29, 0.717) is 32.6 Å². The molecular formula is C14H30N2O8S2. The van der Waals surface area contributed by atoms with Gasteiger partial charge in [0.2, 0.25) is 0 Å². The number of quaternary nitrogens is 1. The smallest absolute Gasteiger partial charge is 0.264 e. The second kappa shape index (κ2) is 12.2. The van der Waals surface area contributed by atoms with Gasteiger partial charge in [-0.15, -0.1) is 0 Å². The monoisotopic (exact) mass is 418 g/mol. The Morgan fingerprint density at radius 1 is 0.923 bits per heavy atom. The molecule has 0 amide bonds. The number of rotatable bonds is 8. The van der Waals surface area contributed by atoms with Crippen LogP contribution in [0.2, 0.25) is 0 Å². The number of nitrogens with one attached hydrogen (secondary N) is 1. The molecule has 2 aliphatic heterocycles. The highest BCUT2D eigenvalue weighted by atomic mass is 32.2. The van der Waals surface area contributed by atoms with Gasteiger partial charge in [0.1, 0.15) is 13.1 Å². The predicted molar refractivity (Wildman–Crippen MR) is 93.9 cm³/mol. The Bertz CT molecular complexity index is 518. The average molecular weight is 419 g/mol. The third kappa shape index (κ3) is 13.8. The Hall–Kier alpha value is -0.340. The third-order valence-electron chi connectivity index (χ3n) is 4.10. The molecule has 2 fully saturated rings. The van der Waals surface area contributed by atoms with Crippen LogP contribution in [-0.2, 0) is 29.7 Å². The van der Waals surface area contributed by atoms with Crippen molar-refractivity contribution in [2.24, 2.45) is 0 Å². The zero-order valence-corrected chi connectivity index (χ0v) is 16.6. The summed E-state index contributed by atoms with van der Waals surface area (Å²) in [5.74, 6) is -0.387. The van der Waals surface area contributed by atoms with Gasteiger partial charge in [0.15, 0.2) is 0 Å². The van der Waals surface area contributed by atoms with E-state index >= 15 is 0 Å². The molecule has 0 bridgehead atoms. The van der Waals surface area contributed by atoms with Gasteiger partial charge in [-0.3, -0.25) is 9.45 Å². The summed E-state index contributed by atoms with van der Waals surface area (Å²) in [5.41, 5.74) is 0. The molecule has 12 heteroatoms. The van der Waals surface area contributed by atoms with Gasteiger partial charge in [-0.05, 0) is 13.0 Å². The fourth-order valence-corrected chi connectivity index (χ4v) is 3.70. The lowest BCUT2D eigenvalue weighted by atomic mass is 10.4. The Labute approximate surface area is 155 Å². The first-order valence-corrected chi connectivity index (χ1v) is 11.9. The topological polar surface area (TPSA) is 138 Å². The molecule has 0 spiro atoms. The maximum atomic E-state index is 10.4. The number of ether oxygens (including phenoxy) is 2. The van der Waals surface area contributed by atoms with Crippen LogP contribution in [0.1, 0.15) is 12.8 Å². The summed E-state index contributed by atoms with van der Waals surface area (Å²) in [6.07, 6.45) is 0.944. The summed E-state index contributed by atoms with van der Waals surface area (Å²) in [6.45, 7) is 7.90. The van der Waals surface area contributed by atoms with Crippen LogP contribution in [0.5, 0.6) is 0 Å². The number of hydrogen-bond donors (Lipinski definition) is 2. The summed E-state index contributed by atoms with van der Waals surface area (Å²) in [7, 11) is -7.80. The first kappa shape index (κ1) is 23.7. The number of morpholine rings is 2. The van der Waals surface area contributed by atoms with Gasteiger partial charge in [-0.25, -0.2) is 8.42 Å². The van der Waals surface area contributed by atoms with Crippen molar-refractivity contribution < 1.29 is 40.3 Å². The molecule has 0 atom stereocenters. The summed E-state index contributed by atoms with van der Waals surface area (Å²) in [6, 6.07) is 0. The van der Waals surface area contributed by atoms with Gasteiger partial charge in [0.25, 0.3) is 10.1 Å². The van der Waals surface area contributed by atoms with Crippen LogP contribution in [0.3, 0.4) is 0 Å². The largest absolute Gasteiger partial charge is 0.748 e. The minimum Gasteiger partial charge on any atom is -0.748 e. The molecule has 0 aromatic heterocycles. The van der Waals surface area contributed by atoms with Gasteiger partial charge in [0.05, 0.1) is 48.8 Å². The van der Waals surface area contributed by atoms with Gasteiger partial charge >= 0.3 is 0 Å². The first-order chi connectivity index (χ1) is 12.2. The lowest BCUT2D eigenvalue weighted by Gasteiger charge is -2.26. The van der Waals surface area contributed by atoms with Crippen molar-refractivity contribution in [3.63, 3.8) is 0 Å². The zero-order chi connectivity index (χ0) is 19.5. The highest BCUT2D eigenvalue weighted by Gasteiger charge is 2.13. The minimum absolute atomic E-state index is 0.148. The van der Waals surface area contributed by atoms with Crippen LogP contribution in [0.15, 0.2) is 0 Å². The Morgan fingerprint density at radius 2 is 1.50 bits per heavy atom. The molecule has 0 radical (unpaired) electrons. The van der Waals surface area contributed by atoms with Crippen LogP contribution in [-0.4, -0.2) is 108 Å². The maximum Gasteiger partial charge on any atom is 0.264 e. The molecule has 10 nitrogen and oxygen atoms in total. The summed E-state index contributed by atoms with van der Waals surface area (Å²) in [4.78, 5) is 3.46. The van der Waals surface area contributed by atoms with E-state index in [4.69, 9.17) is 14.0 Å². The summed E-state index contributed by atoms with van der Waals surface area (Å²) >= 11 is 0. The van der Waals surface area contributed by atoms with E-state index in [0.717, 1.165) is 45.9 Å². The van der Waals surface area contributed by atoms with E-state index < -0.39 is 20.2 Å². The molecule has 2 heterocycles. The van der Waals surface area contributed by atoms with Gasteiger partial charge < -0.3 is 18.9 Å². The molecule has 2 saturated heterocycles. The number of hydrogen-bond acceptors (Lipinski definition) is 8. The molecule has 0 unspecified atom stereocenters. The number of nitrogens with zero attached hydrogens (tertiary/aromatic N) is 1. The fraction of sp³-hybridized carbons (Fsp3) is 1.00. The zero-order valence-electron chi connectivity index (χ0n) is 15.0. The normalized spacial score (nSPS) is 20.4. The standard InChI is InChI=1S/2C7H15NO4S/c2*9-13(10,11)7-1-2-8-3-5-12-6-4-8/h2*1-7H2,(H,9,10,11). The Balaban J connectivity index is 0.000000260. The van der Waals surface area contributed by atoms with Crippen LogP contribution < -0.4 is 4.90 Å². The molecular weight excluding hydrogens is 388 g/mol. The molecule has 26 heavy (non-hydrogen) atoms. The fourth-order valence-electron chi connectivity index (χ4n) is 2.70. The first-order valence-electron chi connectivity index (χ1n) is 8.76. The van der Waals surface area contributed by atoms with Crippen LogP contribution in [0.4, 0.5) is 0 Å². The van der Waals surface area contributed by atoms with Gasteiger partial charge in [-0.2, -0.15) is 8.42 Å². The van der Waals surface area contributed by atoms with Crippen molar-refractivity contribution in [2.45, 2.75) is 12.8 Å². The molecule has 2 aliphatic rings. The molecule has 0 aromatic carbocycles. The Morgan fingerprint density at radius 3 is 2.04 bits per heavy atom. The average Bonchev–Trinajstić information content (AvgIpc) is 2.55. The highest BCUT2D eigenvalue weighted by molar-refractivity contribution is 7.85. The van der Waals surface area contributed by atoms with Crippen LogP contribution in [0, 0.1) is 0 Å². The van der Waals surface area contributed by atoms with Crippen LogP contribution in [0.25, 0.3) is 0 Å². The molecule has 2 N–H and O–H groups in total. The van der Waals surface area contributed by atoms with Crippen molar-refractivity contribution in [1.82, 2.24) is 4.90 Å². The van der Waals surface area contributed by atoms with E-state index in [1.165, 1.54) is 4.90 Å². The summed E-state index contributed by atoms with van der Waals surface area (Å²) in [5, 5.41) is 0. The van der Waals surface area contributed by atoms with Crippen molar-refractivity contribution >= 4 is 20.2 Å². The van der Waals surface area contributed by atoms with Crippen molar-refractivity contribution in [3.05, 3.63) is 0 Å². The van der Waals surface area contributed by atoms with Crippen LogP contribution >= 0.6 is 0 Å². The maximum absolute atomic E-state index is 10.4. The lowest BCUT2D eigenvalue weighted by molar-refractivity contribution is -0.908. The molecule has 0 saturated carbocycles. The highest BCUT2D eigenvalue weighted by Crippen LogP contribution is 1.99. The molecule has 0 aromatic rings. The van der Waals surface area contributed by atoms with E-state index in [2.05, 4.69) is 4.90 Å². The minimum atomic E-state index is -4.02. The second-order valence-electron chi connectivity index (χ2n) is 6.32. The third-order valence-corrected chi connectivity index (χ3v) is 5.70. The molecule has 156 valence electrons. The van der Waals surface area contributed by atoms with E-state index in [1.54, 1.807) is 0 Å². The SMILES string of the molecule is O=S(=O)(O)CCCN1CCOCC1.O=S(=O)([O-])CCC[NH+]1CCOCC1. The van der Waals surface area contributed by atoms with Gasteiger partial charge in [0, 0.05) is 25.3 Å². The predicted octanol–water partition coefficient (Wildman–Crippen LogP) is -2.57. The van der Waals surface area contributed by atoms with Crippen molar-refractivity contribution in [2.75, 3.05) is 77.2 Å². The van der Waals surface area contributed by atoms with Gasteiger partial charge in [-0.1, -0.05) is 0 Å². The van der Waals surface area contributed by atoms with E-state index in [9.17, 15) is 21.4 Å². The van der Waals surface area contributed by atoms with Crippen molar-refractivity contribution in [1.29, 1.82) is 0 Å². The molecule has 2 rings (SSSR count).